The van der Waals surface area contributed by atoms with Crippen molar-refractivity contribution < 1.29 is 9.84 Å². The van der Waals surface area contributed by atoms with Gasteiger partial charge in [-0.05, 0) is 30.9 Å². The zero-order valence-corrected chi connectivity index (χ0v) is 19.1. The first-order valence-corrected chi connectivity index (χ1v) is 11.3. The second-order valence-corrected chi connectivity index (χ2v) is 9.08. The molecule has 3 N–H and O–H groups in total. The molecule has 0 saturated heterocycles. The van der Waals surface area contributed by atoms with Crippen molar-refractivity contribution in [2.75, 3.05) is 7.11 Å². The smallest absolute Gasteiger partial charge is 0.169 e. The molecule has 1 saturated carbocycles. The van der Waals surface area contributed by atoms with Gasteiger partial charge in [-0.3, -0.25) is 0 Å². The highest BCUT2D eigenvalue weighted by molar-refractivity contribution is 5.98. The van der Waals surface area contributed by atoms with Gasteiger partial charge in [-0.1, -0.05) is 54.6 Å². The quantitative estimate of drug-likeness (QED) is 0.424. The Labute approximate surface area is 196 Å². The predicted octanol–water partition coefficient (Wildman–Crippen LogP) is 4.24. The van der Waals surface area contributed by atoms with Gasteiger partial charge in [0, 0.05) is 23.4 Å². The molecule has 0 spiro atoms. The maximum Gasteiger partial charge on any atom is 0.169 e. The number of hydrogen-bond donors (Lipinski definition) is 2. The topological polar surface area (TPSA) is 98.6 Å². The molecule has 3 heterocycles. The van der Waals surface area contributed by atoms with Crippen LogP contribution in [0.25, 0.3) is 39.1 Å². The summed E-state index contributed by atoms with van der Waals surface area (Å²) >= 11 is 0. The van der Waals surface area contributed by atoms with Crippen molar-refractivity contribution >= 4 is 16.7 Å². The number of rotatable bonds is 4. The number of nitrogens with two attached hydrogens (primary N) is 1. The first-order chi connectivity index (χ1) is 16.5. The van der Waals surface area contributed by atoms with Gasteiger partial charge in [-0.2, -0.15) is 9.61 Å². The molecule has 3 aromatic heterocycles. The Hall–Kier alpha value is -3.81. The third-order valence-corrected chi connectivity index (χ3v) is 6.71. The third kappa shape index (κ3) is 3.16. The van der Waals surface area contributed by atoms with Gasteiger partial charge in [0.2, 0.25) is 0 Å². The number of benzene rings is 2. The predicted molar refractivity (Wildman–Crippen MR) is 132 cm³/mol. The first-order valence-electron chi connectivity index (χ1n) is 11.3. The lowest BCUT2D eigenvalue weighted by Crippen LogP contribution is -2.51. The molecule has 5 aromatic rings. The Morgan fingerprint density at radius 3 is 2.47 bits per heavy atom. The van der Waals surface area contributed by atoms with Crippen LogP contribution in [-0.2, 0) is 5.54 Å². The van der Waals surface area contributed by atoms with Crippen LogP contribution in [-0.4, -0.2) is 37.9 Å². The Morgan fingerprint density at radius 2 is 1.79 bits per heavy atom. The van der Waals surface area contributed by atoms with E-state index in [0.717, 1.165) is 44.7 Å². The Kier molecular flexibility index (Phi) is 4.65. The molecular weight excluding hydrogens is 426 g/mol. The van der Waals surface area contributed by atoms with Crippen molar-refractivity contribution in [2.45, 2.75) is 31.4 Å². The minimum absolute atomic E-state index is 0.325. The van der Waals surface area contributed by atoms with Gasteiger partial charge in [0.25, 0.3) is 0 Å². The van der Waals surface area contributed by atoms with Gasteiger partial charge in [0.1, 0.15) is 5.75 Å². The number of aryl methyl sites for hydroxylation is 1. The van der Waals surface area contributed by atoms with E-state index in [0.29, 0.717) is 24.2 Å². The maximum absolute atomic E-state index is 9.77. The Morgan fingerprint density at radius 1 is 1.06 bits per heavy atom. The number of aliphatic hydroxyl groups is 1. The van der Waals surface area contributed by atoms with Gasteiger partial charge in [-0.25, -0.2) is 9.97 Å². The van der Waals surface area contributed by atoms with Crippen molar-refractivity contribution in [3.63, 3.8) is 0 Å². The van der Waals surface area contributed by atoms with Gasteiger partial charge in [-0.15, -0.1) is 0 Å². The van der Waals surface area contributed by atoms with E-state index < -0.39 is 5.54 Å². The summed E-state index contributed by atoms with van der Waals surface area (Å²) in [6.07, 6.45) is 2.63. The van der Waals surface area contributed by atoms with Crippen LogP contribution in [0.5, 0.6) is 5.75 Å². The molecule has 0 unspecified atom stereocenters. The molecule has 6 rings (SSSR count). The van der Waals surface area contributed by atoms with Crippen LogP contribution in [0.4, 0.5) is 0 Å². The van der Waals surface area contributed by atoms with Crippen LogP contribution < -0.4 is 10.5 Å². The molecule has 7 heteroatoms. The van der Waals surface area contributed by atoms with E-state index in [1.165, 1.54) is 0 Å². The molecule has 7 nitrogen and oxygen atoms in total. The van der Waals surface area contributed by atoms with Gasteiger partial charge in [0.05, 0.1) is 35.6 Å². The van der Waals surface area contributed by atoms with Crippen molar-refractivity contribution in [1.29, 1.82) is 0 Å². The lowest BCUT2D eigenvalue weighted by atomic mass is 9.70. The molecule has 0 bridgehead atoms. The van der Waals surface area contributed by atoms with E-state index in [4.69, 9.17) is 15.5 Å². The Bertz CT molecular complexity index is 1520. The van der Waals surface area contributed by atoms with Crippen molar-refractivity contribution in [3.8, 4) is 28.1 Å². The van der Waals surface area contributed by atoms with Crippen molar-refractivity contribution in [3.05, 3.63) is 78.1 Å². The zero-order valence-electron chi connectivity index (χ0n) is 19.1. The van der Waals surface area contributed by atoms with Crippen LogP contribution in [0.2, 0.25) is 0 Å². The summed E-state index contributed by atoms with van der Waals surface area (Å²) in [5, 5.41) is 15.2. The van der Waals surface area contributed by atoms with Crippen LogP contribution in [0.3, 0.4) is 0 Å². The molecule has 170 valence electrons. The van der Waals surface area contributed by atoms with E-state index in [1.54, 1.807) is 17.8 Å². The highest BCUT2D eigenvalue weighted by Gasteiger charge is 2.41. The lowest BCUT2D eigenvalue weighted by Gasteiger charge is -2.42. The number of nitrogens with zero attached hydrogens (tertiary/aromatic N) is 4. The van der Waals surface area contributed by atoms with Gasteiger partial charge in [0.15, 0.2) is 11.3 Å². The number of pyridine rings is 1. The van der Waals surface area contributed by atoms with E-state index in [1.807, 2.05) is 55.5 Å². The summed E-state index contributed by atoms with van der Waals surface area (Å²) in [4.78, 5) is 9.70. The molecule has 2 aromatic carbocycles. The normalized spacial score (nSPS) is 19.9. The Balaban J connectivity index is 1.62. The first kappa shape index (κ1) is 20.8. The number of hydrogen-bond acceptors (Lipinski definition) is 6. The number of aliphatic hydroxyl groups excluding tert-OH is 1. The number of ether oxygens (including phenoxy) is 1. The van der Waals surface area contributed by atoms with Crippen LogP contribution in [0.15, 0.2) is 66.9 Å². The fraction of sp³-hybridized carbons (Fsp3) is 0.222. The molecule has 0 aliphatic heterocycles. The highest BCUT2D eigenvalue weighted by atomic mass is 16.5. The molecule has 0 atom stereocenters. The van der Waals surface area contributed by atoms with E-state index in [9.17, 15) is 5.11 Å². The molecule has 0 amide bonds. The summed E-state index contributed by atoms with van der Waals surface area (Å²) < 4.78 is 7.75. The summed E-state index contributed by atoms with van der Waals surface area (Å²) in [5.41, 5.74) is 13.0. The molecular formula is C27H25N5O2. The number of fused-ring (bicyclic) bond motifs is 3. The van der Waals surface area contributed by atoms with Crippen LogP contribution in [0, 0.1) is 6.92 Å². The van der Waals surface area contributed by atoms with Gasteiger partial charge < -0.3 is 15.6 Å². The van der Waals surface area contributed by atoms with E-state index in [-0.39, 0.29) is 6.10 Å². The van der Waals surface area contributed by atoms with E-state index >= 15 is 0 Å². The molecule has 1 fully saturated rings. The summed E-state index contributed by atoms with van der Waals surface area (Å²) in [7, 11) is 1.67. The summed E-state index contributed by atoms with van der Waals surface area (Å²) in [5.74, 6) is 0.704. The molecule has 1 aliphatic carbocycles. The average molecular weight is 452 g/mol. The largest absolute Gasteiger partial charge is 0.495 e. The third-order valence-electron chi connectivity index (χ3n) is 6.71. The molecule has 0 radical (unpaired) electrons. The van der Waals surface area contributed by atoms with Crippen LogP contribution in [0.1, 0.15) is 24.1 Å². The van der Waals surface area contributed by atoms with Crippen LogP contribution >= 0.6 is 0 Å². The monoisotopic (exact) mass is 451 g/mol. The minimum Gasteiger partial charge on any atom is -0.495 e. The zero-order chi connectivity index (χ0) is 23.4. The molecule has 34 heavy (non-hydrogen) atoms. The lowest BCUT2D eigenvalue weighted by molar-refractivity contribution is 0.0209. The maximum atomic E-state index is 9.77. The summed E-state index contributed by atoms with van der Waals surface area (Å²) in [6, 6.07) is 20.2. The fourth-order valence-electron chi connectivity index (χ4n) is 4.98. The van der Waals surface area contributed by atoms with E-state index in [2.05, 4.69) is 22.2 Å². The van der Waals surface area contributed by atoms with Crippen molar-refractivity contribution in [2.24, 2.45) is 5.73 Å². The fourth-order valence-corrected chi connectivity index (χ4v) is 4.98. The molecule has 1 aliphatic rings. The number of methoxy groups -OCH3 is 1. The second-order valence-electron chi connectivity index (χ2n) is 9.08. The van der Waals surface area contributed by atoms with Gasteiger partial charge >= 0.3 is 0 Å². The highest BCUT2D eigenvalue weighted by Crippen LogP contribution is 2.44. The van der Waals surface area contributed by atoms with Crippen molar-refractivity contribution in [1.82, 2.24) is 19.6 Å². The summed E-state index contributed by atoms with van der Waals surface area (Å²) in [6.45, 7) is 1.94. The standard InChI is InChI=1S/C27H25N5O2/c1-16-12-22-29-15-21-25(34-2)23(17-6-4-3-5-7-17)24(30-26(21)32(22)31-16)18-8-10-19(11-9-18)27(28)13-20(33)14-27/h3-12,15,20,33H,13-14,28H2,1-2H3/t20-,27-. The minimum atomic E-state index is -0.473. The second kappa shape index (κ2) is 7.62. The average Bonchev–Trinajstić information content (AvgIpc) is 3.23. The SMILES string of the molecule is COc1c(-c2ccccc2)c(-c2ccc([C@]3(N)C[C@H](O)C3)cc2)nc2c1cnc1cc(C)nn12. The number of aromatic nitrogens is 4.